The molecule has 1 aromatic carbocycles. The summed E-state index contributed by atoms with van der Waals surface area (Å²) in [5, 5.41) is 0. The van der Waals surface area contributed by atoms with Crippen LogP contribution >= 0.6 is 15.9 Å². The Labute approximate surface area is 127 Å². The molecule has 5 nitrogen and oxygen atoms in total. The predicted octanol–water partition coefficient (Wildman–Crippen LogP) is 2.16. The third-order valence-electron chi connectivity index (χ3n) is 3.28. The lowest BCUT2D eigenvalue weighted by Gasteiger charge is -2.12. The summed E-state index contributed by atoms with van der Waals surface area (Å²) in [6.45, 7) is 1.91. The van der Waals surface area contributed by atoms with Crippen LogP contribution in [-0.4, -0.2) is 35.3 Å². The first kappa shape index (κ1) is 15.8. The number of rotatable bonds is 6. The molecule has 1 heterocycles. The maximum atomic E-state index is 12.3. The zero-order valence-electron chi connectivity index (χ0n) is 11.3. The van der Waals surface area contributed by atoms with E-state index in [9.17, 15) is 8.42 Å². The van der Waals surface area contributed by atoms with Crippen LogP contribution in [0.1, 0.15) is 12.8 Å². The first-order valence-electron chi connectivity index (χ1n) is 6.44. The van der Waals surface area contributed by atoms with E-state index >= 15 is 0 Å². The van der Waals surface area contributed by atoms with E-state index in [1.165, 1.54) is 7.11 Å². The highest BCUT2D eigenvalue weighted by Crippen LogP contribution is 2.27. The summed E-state index contributed by atoms with van der Waals surface area (Å²) in [7, 11) is -2.11. The standard InChI is InChI=1S/C13H18BrNO4S/c1-18-12-3-2-11(14)8-13(12)20(16,17)15-6-4-10-5-7-19-9-10/h2-3,8,10,15H,4-7,9H2,1H3. The highest BCUT2D eigenvalue weighted by atomic mass is 79.9. The fraction of sp³-hybridized carbons (Fsp3) is 0.538. The molecule has 1 unspecified atom stereocenters. The molecule has 1 aliphatic heterocycles. The fourth-order valence-electron chi connectivity index (χ4n) is 2.15. The van der Waals surface area contributed by atoms with E-state index in [0.29, 0.717) is 22.7 Å². The van der Waals surface area contributed by atoms with Gasteiger partial charge in [0.05, 0.1) is 7.11 Å². The summed E-state index contributed by atoms with van der Waals surface area (Å²) in [6, 6.07) is 4.91. The molecule has 0 aliphatic carbocycles. The molecule has 112 valence electrons. The van der Waals surface area contributed by atoms with Crippen LogP contribution in [0.3, 0.4) is 0 Å². The Morgan fingerprint density at radius 2 is 2.30 bits per heavy atom. The molecule has 0 spiro atoms. The molecule has 0 aromatic heterocycles. The van der Waals surface area contributed by atoms with Crippen LogP contribution in [0.2, 0.25) is 0 Å². The van der Waals surface area contributed by atoms with Gasteiger partial charge in [0.1, 0.15) is 10.6 Å². The van der Waals surface area contributed by atoms with Crippen LogP contribution in [0.15, 0.2) is 27.6 Å². The summed E-state index contributed by atoms with van der Waals surface area (Å²) >= 11 is 3.28. The number of nitrogens with one attached hydrogen (secondary N) is 1. The van der Waals surface area contributed by atoms with E-state index in [2.05, 4.69) is 20.7 Å². The highest BCUT2D eigenvalue weighted by molar-refractivity contribution is 9.10. The summed E-state index contributed by atoms with van der Waals surface area (Å²) in [5.74, 6) is 0.784. The summed E-state index contributed by atoms with van der Waals surface area (Å²) in [5.41, 5.74) is 0. The van der Waals surface area contributed by atoms with Gasteiger partial charge in [-0.1, -0.05) is 15.9 Å². The smallest absolute Gasteiger partial charge is 0.244 e. The average molecular weight is 364 g/mol. The van der Waals surface area contributed by atoms with Gasteiger partial charge in [-0.05, 0) is 37.0 Å². The third kappa shape index (κ3) is 3.94. The van der Waals surface area contributed by atoms with E-state index in [1.807, 2.05) is 0 Å². The van der Waals surface area contributed by atoms with Gasteiger partial charge in [-0.3, -0.25) is 0 Å². The Bertz CT molecular complexity index is 555. The summed E-state index contributed by atoms with van der Waals surface area (Å²) in [6.07, 6.45) is 1.79. The number of benzene rings is 1. The van der Waals surface area contributed by atoms with E-state index < -0.39 is 10.0 Å². The van der Waals surface area contributed by atoms with Crippen molar-refractivity contribution in [3.8, 4) is 5.75 Å². The molecule has 0 bridgehead atoms. The van der Waals surface area contributed by atoms with Crippen LogP contribution < -0.4 is 9.46 Å². The van der Waals surface area contributed by atoms with Crippen molar-refractivity contribution >= 4 is 26.0 Å². The van der Waals surface area contributed by atoms with Crippen LogP contribution in [0.5, 0.6) is 5.75 Å². The molecule has 1 aromatic rings. The minimum absolute atomic E-state index is 0.150. The van der Waals surface area contributed by atoms with Crippen molar-refractivity contribution in [2.45, 2.75) is 17.7 Å². The first-order valence-corrected chi connectivity index (χ1v) is 8.71. The van der Waals surface area contributed by atoms with Crippen LogP contribution in [0.4, 0.5) is 0 Å². The van der Waals surface area contributed by atoms with Crippen LogP contribution in [0.25, 0.3) is 0 Å². The molecule has 2 rings (SSSR count). The van der Waals surface area contributed by atoms with Gasteiger partial charge in [-0.2, -0.15) is 0 Å². The van der Waals surface area contributed by atoms with Crippen molar-refractivity contribution in [3.05, 3.63) is 22.7 Å². The first-order chi connectivity index (χ1) is 9.53. The number of methoxy groups -OCH3 is 1. The lowest BCUT2D eigenvalue weighted by molar-refractivity contribution is 0.184. The maximum absolute atomic E-state index is 12.3. The molecule has 0 amide bonds. The van der Waals surface area contributed by atoms with Crippen LogP contribution in [-0.2, 0) is 14.8 Å². The Morgan fingerprint density at radius 1 is 1.50 bits per heavy atom. The molecule has 1 atom stereocenters. The zero-order chi connectivity index (χ0) is 14.6. The van der Waals surface area contributed by atoms with Gasteiger partial charge in [0.15, 0.2) is 0 Å². The Morgan fingerprint density at radius 3 is 2.95 bits per heavy atom. The number of ether oxygens (including phenoxy) is 2. The molecule has 1 aliphatic rings. The van der Waals surface area contributed by atoms with E-state index in [4.69, 9.17) is 9.47 Å². The molecule has 0 radical (unpaired) electrons. The minimum atomic E-state index is -3.56. The monoisotopic (exact) mass is 363 g/mol. The lowest BCUT2D eigenvalue weighted by Crippen LogP contribution is -2.26. The number of hydrogen-bond donors (Lipinski definition) is 1. The van der Waals surface area contributed by atoms with Crippen molar-refractivity contribution in [3.63, 3.8) is 0 Å². The number of hydrogen-bond acceptors (Lipinski definition) is 4. The third-order valence-corrected chi connectivity index (χ3v) is 5.26. The SMILES string of the molecule is COc1ccc(Br)cc1S(=O)(=O)NCCC1CCOC1. The van der Waals surface area contributed by atoms with Gasteiger partial charge in [0, 0.05) is 24.2 Å². The zero-order valence-corrected chi connectivity index (χ0v) is 13.7. The highest BCUT2D eigenvalue weighted by Gasteiger charge is 2.21. The second kappa shape index (κ2) is 6.89. The van der Waals surface area contributed by atoms with Crippen molar-refractivity contribution in [2.24, 2.45) is 5.92 Å². The fourth-order valence-corrected chi connectivity index (χ4v) is 3.90. The van der Waals surface area contributed by atoms with E-state index in [-0.39, 0.29) is 4.90 Å². The van der Waals surface area contributed by atoms with Crippen molar-refractivity contribution < 1.29 is 17.9 Å². The maximum Gasteiger partial charge on any atom is 0.244 e. The topological polar surface area (TPSA) is 64.6 Å². The second-order valence-corrected chi connectivity index (χ2v) is 7.36. The predicted molar refractivity (Wildman–Crippen MR) is 79.4 cm³/mol. The Hall–Kier alpha value is -0.630. The van der Waals surface area contributed by atoms with Crippen molar-refractivity contribution in [1.82, 2.24) is 4.72 Å². The number of sulfonamides is 1. The largest absolute Gasteiger partial charge is 0.495 e. The summed E-state index contributed by atoms with van der Waals surface area (Å²) < 4.78 is 38.3. The average Bonchev–Trinajstić information content (AvgIpc) is 2.91. The van der Waals surface area contributed by atoms with E-state index in [0.717, 1.165) is 26.1 Å². The molecule has 1 saturated heterocycles. The molecule has 7 heteroatoms. The molecular weight excluding hydrogens is 346 g/mol. The second-order valence-electron chi connectivity index (χ2n) is 4.71. The number of halogens is 1. The van der Waals surface area contributed by atoms with Crippen LogP contribution in [0, 0.1) is 5.92 Å². The lowest BCUT2D eigenvalue weighted by atomic mass is 10.1. The van der Waals surface area contributed by atoms with E-state index in [1.54, 1.807) is 18.2 Å². The van der Waals surface area contributed by atoms with Crippen molar-refractivity contribution in [1.29, 1.82) is 0 Å². The molecule has 0 saturated carbocycles. The van der Waals surface area contributed by atoms with Gasteiger partial charge < -0.3 is 9.47 Å². The normalized spacial score (nSPS) is 19.2. The Balaban J connectivity index is 2.03. The van der Waals surface area contributed by atoms with Gasteiger partial charge in [0.2, 0.25) is 10.0 Å². The van der Waals surface area contributed by atoms with Gasteiger partial charge in [-0.25, -0.2) is 13.1 Å². The molecule has 20 heavy (non-hydrogen) atoms. The quantitative estimate of drug-likeness (QED) is 0.840. The molecule has 1 N–H and O–H groups in total. The van der Waals surface area contributed by atoms with Gasteiger partial charge >= 0.3 is 0 Å². The van der Waals surface area contributed by atoms with Crippen molar-refractivity contribution in [2.75, 3.05) is 26.9 Å². The summed E-state index contributed by atoms with van der Waals surface area (Å²) in [4.78, 5) is 0.150. The molecule has 1 fully saturated rings. The van der Waals surface area contributed by atoms with Gasteiger partial charge in [-0.15, -0.1) is 0 Å². The van der Waals surface area contributed by atoms with Gasteiger partial charge in [0.25, 0.3) is 0 Å². The minimum Gasteiger partial charge on any atom is -0.495 e. The molecular formula is C13H18BrNO4S. The Kier molecular flexibility index (Phi) is 5.42.